The monoisotopic (exact) mass is 314 g/mol. The third-order valence-electron chi connectivity index (χ3n) is 2.81. The highest BCUT2D eigenvalue weighted by Gasteiger charge is 2.14. The van der Waals surface area contributed by atoms with Crippen molar-refractivity contribution in [2.75, 3.05) is 0 Å². The van der Waals surface area contributed by atoms with Crippen molar-refractivity contribution in [2.24, 2.45) is 0 Å². The molecular formula is C14H13Cl3N2. The van der Waals surface area contributed by atoms with E-state index < -0.39 is 0 Å². The summed E-state index contributed by atoms with van der Waals surface area (Å²) < 4.78 is 0. The Morgan fingerprint density at radius 1 is 1.11 bits per heavy atom. The number of aromatic nitrogens is 2. The number of hydrogen-bond donors (Lipinski definition) is 0. The van der Waals surface area contributed by atoms with Crippen molar-refractivity contribution in [1.82, 2.24) is 9.97 Å². The molecule has 1 aromatic heterocycles. The molecule has 5 heteroatoms. The molecule has 0 aliphatic carbocycles. The smallest absolute Gasteiger partial charge is 0.136 e. The van der Waals surface area contributed by atoms with Gasteiger partial charge in [0.2, 0.25) is 0 Å². The first kappa shape index (κ1) is 14.6. The third kappa shape index (κ3) is 3.02. The summed E-state index contributed by atoms with van der Waals surface area (Å²) in [5.74, 6) is 0.726. The van der Waals surface area contributed by atoms with E-state index in [1.165, 1.54) is 0 Å². The van der Waals surface area contributed by atoms with Crippen molar-refractivity contribution in [1.29, 1.82) is 0 Å². The van der Waals surface area contributed by atoms with Crippen molar-refractivity contribution in [2.45, 2.75) is 26.7 Å². The maximum atomic E-state index is 6.25. The van der Waals surface area contributed by atoms with Gasteiger partial charge < -0.3 is 0 Å². The first-order valence-electron chi connectivity index (χ1n) is 6.02. The Hall–Kier alpha value is -0.830. The summed E-state index contributed by atoms with van der Waals surface area (Å²) in [4.78, 5) is 8.84. The lowest BCUT2D eigenvalue weighted by atomic mass is 10.1. The first-order chi connectivity index (χ1) is 9.04. The van der Waals surface area contributed by atoms with E-state index in [-0.39, 0.29) is 0 Å². The number of nitrogens with zero attached hydrogens (tertiary/aromatic N) is 2. The van der Waals surface area contributed by atoms with Crippen LogP contribution in [0.3, 0.4) is 0 Å². The second-order valence-electron chi connectivity index (χ2n) is 4.26. The van der Waals surface area contributed by atoms with Crippen LogP contribution in [-0.4, -0.2) is 9.97 Å². The molecule has 1 aromatic carbocycles. The van der Waals surface area contributed by atoms with Gasteiger partial charge in [-0.15, -0.1) is 0 Å². The van der Waals surface area contributed by atoms with Crippen LogP contribution in [-0.2, 0) is 6.42 Å². The van der Waals surface area contributed by atoms with Crippen LogP contribution in [0.5, 0.6) is 0 Å². The van der Waals surface area contributed by atoms with Crippen molar-refractivity contribution < 1.29 is 0 Å². The second-order valence-corrected chi connectivity index (χ2v) is 5.40. The summed E-state index contributed by atoms with van der Waals surface area (Å²) in [6.07, 6.45) is 1.74. The molecule has 2 nitrogen and oxygen atoms in total. The minimum Gasteiger partial charge on any atom is -0.232 e. The predicted octanol–water partition coefficient (Wildman–Crippen LogP) is 5.36. The topological polar surface area (TPSA) is 25.8 Å². The van der Waals surface area contributed by atoms with Crippen LogP contribution in [0.2, 0.25) is 15.2 Å². The molecule has 0 aliphatic heterocycles. The van der Waals surface area contributed by atoms with E-state index in [0.29, 0.717) is 15.2 Å². The van der Waals surface area contributed by atoms with Crippen molar-refractivity contribution in [3.8, 4) is 11.3 Å². The Balaban J connectivity index is 2.64. The van der Waals surface area contributed by atoms with Crippen LogP contribution < -0.4 is 0 Å². The van der Waals surface area contributed by atoms with Gasteiger partial charge in [-0.2, -0.15) is 0 Å². The van der Waals surface area contributed by atoms with E-state index in [1.54, 1.807) is 6.07 Å². The molecule has 0 spiro atoms. The highest BCUT2D eigenvalue weighted by Crippen LogP contribution is 2.35. The quantitative estimate of drug-likeness (QED) is 0.712. The van der Waals surface area contributed by atoms with E-state index in [9.17, 15) is 0 Å². The van der Waals surface area contributed by atoms with Gasteiger partial charge in [0.05, 0.1) is 15.7 Å². The molecule has 0 unspecified atom stereocenters. The van der Waals surface area contributed by atoms with Gasteiger partial charge >= 0.3 is 0 Å². The average Bonchev–Trinajstić information content (AvgIpc) is 2.37. The summed E-state index contributed by atoms with van der Waals surface area (Å²) in [5, 5.41) is 1.46. The summed E-state index contributed by atoms with van der Waals surface area (Å²) in [6, 6.07) is 5.48. The molecule has 0 aliphatic rings. The fourth-order valence-corrected chi connectivity index (χ4v) is 2.39. The standard InChI is InChI=1S/C14H13Cl3N2/c1-3-5-11-18-13(8(2)14(17)19-11)9-6-4-7-10(15)12(9)16/h4,6-7H,3,5H2,1-2H3. The molecule has 0 saturated carbocycles. The van der Waals surface area contributed by atoms with Gasteiger partial charge in [0, 0.05) is 17.5 Å². The third-order valence-corrected chi connectivity index (χ3v) is 4.00. The molecule has 19 heavy (non-hydrogen) atoms. The lowest BCUT2D eigenvalue weighted by Crippen LogP contribution is -2.01. The van der Waals surface area contributed by atoms with E-state index in [2.05, 4.69) is 16.9 Å². The van der Waals surface area contributed by atoms with Crippen molar-refractivity contribution in [3.05, 3.63) is 44.8 Å². The van der Waals surface area contributed by atoms with Gasteiger partial charge in [0.25, 0.3) is 0 Å². The number of benzene rings is 1. The molecule has 0 fully saturated rings. The summed E-state index contributed by atoms with van der Waals surface area (Å²) in [5.41, 5.74) is 2.34. The summed E-state index contributed by atoms with van der Waals surface area (Å²) in [7, 11) is 0. The van der Waals surface area contributed by atoms with Crippen LogP contribution in [0.25, 0.3) is 11.3 Å². The van der Waals surface area contributed by atoms with Gasteiger partial charge in [-0.3, -0.25) is 0 Å². The van der Waals surface area contributed by atoms with Crippen molar-refractivity contribution >= 4 is 34.8 Å². The molecule has 0 radical (unpaired) electrons. The molecule has 0 saturated heterocycles. The Morgan fingerprint density at radius 3 is 2.53 bits per heavy atom. The van der Waals surface area contributed by atoms with E-state index >= 15 is 0 Å². The Kier molecular flexibility index (Phi) is 4.67. The molecule has 0 bridgehead atoms. The lowest BCUT2D eigenvalue weighted by molar-refractivity contribution is 0.833. The Labute approximate surface area is 127 Å². The van der Waals surface area contributed by atoms with Crippen molar-refractivity contribution in [3.63, 3.8) is 0 Å². The fraction of sp³-hybridized carbons (Fsp3) is 0.286. The molecular weight excluding hydrogens is 303 g/mol. The minimum atomic E-state index is 0.462. The first-order valence-corrected chi connectivity index (χ1v) is 7.15. The normalized spacial score (nSPS) is 10.8. The van der Waals surface area contributed by atoms with Crippen LogP contribution in [0, 0.1) is 6.92 Å². The average molecular weight is 316 g/mol. The molecule has 0 N–H and O–H groups in total. The highest BCUT2D eigenvalue weighted by molar-refractivity contribution is 6.43. The van der Waals surface area contributed by atoms with Gasteiger partial charge in [-0.1, -0.05) is 53.9 Å². The van der Waals surface area contributed by atoms with Gasteiger partial charge in [0.1, 0.15) is 11.0 Å². The number of hydrogen-bond acceptors (Lipinski definition) is 2. The molecule has 2 aromatic rings. The number of rotatable bonds is 3. The van der Waals surface area contributed by atoms with Gasteiger partial charge in [-0.25, -0.2) is 9.97 Å². The van der Waals surface area contributed by atoms with Crippen LogP contribution in [0.4, 0.5) is 0 Å². The zero-order chi connectivity index (χ0) is 14.0. The maximum absolute atomic E-state index is 6.25. The molecule has 100 valence electrons. The number of aryl methyl sites for hydroxylation is 1. The zero-order valence-electron chi connectivity index (χ0n) is 10.7. The lowest BCUT2D eigenvalue weighted by Gasteiger charge is -2.11. The van der Waals surface area contributed by atoms with E-state index in [0.717, 1.165) is 35.5 Å². The second kappa shape index (κ2) is 6.08. The molecule has 0 atom stereocenters. The number of halogens is 3. The summed E-state index contributed by atoms with van der Waals surface area (Å²) >= 11 is 18.5. The largest absolute Gasteiger partial charge is 0.232 e. The zero-order valence-corrected chi connectivity index (χ0v) is 12.9. The Bertz CT molecular complexity index is 612. The molecule has 1 heterocycles. The summed E-state index contributed by atoms with van der Waals surface area (Å²) in [6.45, 7) is 3.95. The minimum absolute atomic E-state index is 0.462. The predicted molar refractivity (Wildman–Crippen MR) is 81.2 cm³/mol. The van der Waals surface area contributed by atoms with Crippen LogP contribution in [0.1, 0.15) is 24.7 Å². The van der Waals surface area contributed by atoms with Crippen LogP contribution in [0.15, 0.2) is 18.2 Å². The Morgan fingerprint density at radius 2 is 1.84 bits per heavy atom. The van der Waals surface area contributed by atoms with Crippen LogP contribution >= 0.6 is 34.8 Å². The molecule has 0 amide bonds. The van der Waals surface area contributed by atoms with E-state index in [1.807, 2.05) is 19.1 Å². The highest BCUT2D eigenvalue weighted by atomic mass is 35.5. The SMILES string of the molecule is CCCc1nc(Cl)c(C)c(-c2cccc(Cl)c2Cl)n1. The fourth-order valence-electron chi connectivity index (χ4n) is 1.82. The van der Waals surface area contributed by atoms with Gasteiger partial charge in [0.15, 0.2) is 0 Å². The maximum Gasteiger partial charge on any atom is 0.136 e. The van der Waals surface area contributed by atoms with E-state index in [4.69, 9.17) is 34.8 Å². The molecule has 2 rings (SSSR count). The van der Waals surface area contributed by atoms with Gasteiger partial charge in [-0.05, 0) is 19.4 Å².